The summed E-state index contributed by atoms with van der Waals surface area (Å²) in [6.07, 6.45) is 3.89. The van der Waals surface area contributed by atoms with Crippen LogP contribution in [0, 0.1) is 6.92 Å². The lowest BCUT2D eigenvalue weighted by Gasteiger charge is -2.07. The van der Waals surface area contributed by atoms with E-state index in [1.807, 2.05) is 6.07 Å². The lowest BCUT2D eigenvalue weighted by Crippen LogP contribution is -2.24. The number of carbonyl (C=O) groups is 1. The van der Waals surface area contributed by atoms with E-state index in [2.05, 4.69) is 20.6 Å². The molecule has 20 heavy (non-hydrogen) atoms. The molecule has 2 heterocycles. The second kappa shape index (κ2) is 5.32. The molecule has 1 fully saturated rings. The van der Waals surface area contributed by atoms with E-state index in [9.17, 15) is 4.79 Å². The molecule has 1 aliphatic rings. The molecule has 2 N–H and O–H groups in total. The van der Waals surface area contributed by atoms with Crippen LogP contribution in [0.4, 0.5) is 5.82 Å². The van der Waals surface area contributed by atoms with E-state index in [4.69, 9.17) is 4.42 Å². The predicted molar refractivity (Wildman–Crippen MR) is 73.3 cm³/mol. The summed E-state index contributed by atoms with van der Waals surface area (Å²) in [6.45, 7) is 2.13. The zero-order valence-electron chi connectivity index (χ0n) is 11.2. The van der Waals surface area contributed by atoms with Crippen LogP contribution >= 0.6 is 0 Å². The molecule has 104 valence electrons. The molecule has 2 aromatic rings. The fraction of sp³-hybridized carbons (Fsp3) is 0.357. The summed E-state index contributed by atoms with van der Waals surface area (Å²) >= 11 is 0. The average molecular weight is 272 g/mol. The van der Waals surface area contributed by atoms with Crippen molar-refractivity contribution in [2.75, 3.05) is 5.32 Å². The van der Waals surface area contributed by atoms with Gasteiger partial charge in [-0.25, -0.2) is 9.97 Å². The number of hydrogen-bond donors (Lipinski definition) is 2. The quantitative estimate of drug-likeness (QED) is 0.868. The molecule has 1 aliphatic carbocycles. The molecule has 1 saturated carbocycles. The number of nitrogens with zero attached hydrogens (tertiary/aromatic N) is 2. The van der Waals surface area contributed by atoms with Crippen LogP contribution in [0.2, 0.25) is 0 Å². The van der Waals surface area contributed by atoms with Crippen LogP contribution < -0.4 is 10.6 Å². The van der Waals surface area contributed by atoms with Crippen molar-refractivity contribution in [2.45, 2.75) is 32.4 Å². The maximum Gasteiger partial charge on any atom is 0.270 e. The highest BCUT2D eigenvalue weighted by atomic mass is 16.3. The molecule has 2 aromatic heterocycles. The predicted octanol–water partition coefficient (Wildman–Crippen LogP) is 1.88. The third-order valence-corrected chi connectivity index (χ3v) is 3.00. The van der Waals surface area contributed by atoms with Gasteiger partial charge in [-0.1, -0.05) is 0 Å². The minimum absolute atomic E-state index is 0.231. The molecule has 0 atom stereocenters. The molecular weight excluding hydrogens is 256 g/mol. The molecule has 0 radical (unpaired) electrons. The molecule has 0 bridgehead atoms. The second-order valence-corrected chi connectivity index (χ2v) is 4.87. The molecule has 0 saturated heterocycles. The Morgan fingerprint density at radius 2 is 2.30 bits per heavy atom. The summed E-state index contributed by atoms with van der Waals surface area (Å²) < 4.78 is 5.17. The van der Waals surface area contributed by atoms with Gasteiger partial charge in [0.15, 0.2) is 0 Å². The first-order valence-corrected chi connectivity index (χ1v) is 6.63. The van der Waals surface area contributed by atoms with Crippen molar-refractivity contribution in [2.24, 2.45) is 0 Å². The summed E-state index contributed by atoms with van der Waals surface area (Å²) in [6, 6.07) is 5.77. The van der Waals surface area contributed by atoms with Crippen LogP contribution in [0.1, 0.15) is 34.9 Å². The number of nitrogens with one attached hydrogen (secondary N) is 2. The lowest BCUT2D eigenvalue weighted by molar-refractivity contribution is 0.0942. The van der Waals surface area contributed by atoms with Crippen molar-refractivity contribution in [3.05, 3.63) is 41.7 Å². The smallest absolute Gasteiger partial charge is 0.270 e. The number of aromatic nitrogens is 2. The second-order valence-electron chi connectivity index (χ2n) is 4.87. The third kappa shape index (κ3) is 3.14. The van der Waals surface area contributed by atoms with Crippen molar-refractivity contribution in [3.8, 4) is 0 Å². The molecule has 6 nitrogen and oxygen atoms in total. The molecule has 3 rings (SSSR count). The molecular formula is C14H16N4O2. The van der Waals surface area contributed by atoms with Gasteiger partial charge in [0.05, 0.1) is 12.8 Å². The Kier molecular flexibility index (Phi) is 3.37. The largest absolute Gasteiger partial charge is 0.467 e. The maximum absolute atomic E-state index is 12.1. The number of hydrogen-bond acceptors (Lipinski definition) is 5. The standard InChI is InChI=1S/C14H16N4O2/c1-9-16-12(7-13(17-9)18-10-4-5-10)14(19)15-8-11-3-2-6-20-11/h2-3,6-7,10H,4-5,8H2,1H3,(H,15,19)(H,16,17,18). The summed E-state index contributed by atoms with van der Waals surface area (Å²) in [5.74, 6) is 1.77. The minimum atomic E-state index is -0.231. The number of carbonyl (C=O) groups excluding carboxylic acids is 1. The van der Waals surface area contributed by atoms with E-state index < -0.39 is 0 Å². The van der Waals surface area contributed by atoms with Gasteiger partial charge in [0.25, 0.3) is 5.91 Å². The summed E-state index contributed by atoms with van der Waals surface area (Å²) in [5, 5.41) is 6.05. The molecule has 0 spiro atoms. The van der Waals surface area contributed by atoms with Crippen LogP contribution in [-0.4, -0.2) is 21.9 Å². The Hall–Kier alpha value is -2.37. The van der Waals surface area contributed by atoms with Gasteiger partial charge in [-0.15, -0.1) is 0 Å². The first-order chi connectivity index (χ1) is 9.70. The number of aryl methyl sites for hydroxylation is 1. The van der Waals surface area contributed by atoms with Gasteiger partial charge in [0.1, 0.15) is 23.1 Å². The van der Waals surface area contributed by atoms with Gasteiger partial charge in [0.2, 0.25) is 0 Å². The number of anilines is 1. The van der Waals surface area contributed by atoms with Gasteiger partial charge in [-0.3, -0.25) is 4.79 Å². The van der Waals surface area contributed by atoms with Crippen molar-refractivity contribution in [3.63, 3.8) is 0 Å². The summed E-state index contributed by atoms with van der Waals surface area (Å²) in [7, 11) is 0. The molecule has 0 unspecified atom stereocenters. The van der Waals surface area contributed by atoms with Gasteiger partial charge >= 0.3 is 0 Å². The number of amides is 1. The highest BCUT2D eigenvalue weighted by molar-refractivity contribution is 5.92. The fourth-order valence-electron chi connectivity index (χ4n) is 1.87. The van der Waals surface area contributed by atoms with Crippen LogP contribution in [0.25, 0.3) is 0 Å². The molecule has 0 aromatic carbocycles. The van der Waals surface area contributed by atoms with E-state index >= 15 is 0 Å². The zero-order chi connectivity index (χ0) is 13.9. The zero-order valence-corrected chi connectivity index (χ0v) is 11.2. The lowest BCUT2D eigenvalue weighted by atomic mass is 10.3. The average Bonchev–Trinajstić information content (AvgIpc) is 3.07. The van der Waals surface area contributed by atoms with E-state index in [1.54, 1.807) is 25.3 Å². The fourth-order valence-corrected chi connectivity index (χ4v) is 1.87. The number of furan rings is 1. The van der Waals surface area contributed by atoms with Crippen LogP contribution in [-0.2, 0) is 6.54 Å². The first kappa shape index (κ1) is 12.7. The SMILES string of the molecule is Cc1nc(NC2CC2)cc(C(=O)NCc2ccco2)n1. The maximum atomic E-state index is 12.1. The molecule has 6 heteroatoms. The Bertz CT molecular complexity index is 606. The van der Waals surface area contributed by atoms with Crippen molar-refractivity contribution >= 4 is 11.7 Å². The summed E-state index contributed by atoms with van der Waals surface area (Å²) in [4.78, 5) is 20.5. The van der Waals surface area contributed by atoms with Gasteiger partial charge < -0.3 is 15.1 Å². The first-order valence-electron chi connectivity index (χ1n) is 6.63. The van der Waals surface area contributed by atoms with Crippen LogP contribution in [0.3, 0.4) is 0 Å². The van der Waals surface area contributed by atoms with Gasteiger partial charge in [-0.05, 0) is 31.9 Å². The normalized spacial score (nSPS) is 14.1. The Balaban J connectivity index is 1.68. The molecule has 0 aliphatic heterocycles. The van der Waals surface area contributed by atoms with Crippen molar-refractivity contribution in [1.29, 1.82) is 0 Å². The Morgan fingerprint density at radius 3 is 3.00 bits per heavy atom. The third-order valence-electron chi connectivity index (χ3n) is 3.00. The van der Waals surface area contributed by atoms with Gasteiger partial charge in [-0.2, -0.15) is 0 Å². The van der Waals surface area contributed by atoms with E-state index in [0.29, 0.717) is 35.7 Å². The monoisotopic (exact) mass is 272 g/mol. The van der Waals surface area contributed by atoms with Crippen molar-refractivity contribution in [1.82, 2.24) is 15.3 Å². The Labute approximate surface area is 116 Å². The van der Waals surface area contributed by atoms with Crippen molar-refractivity contribution < 1.29 is 9.21 Å². The van der Waals surface area contributed by atoms with E-state index in [0.717, 1.165) is 12.8 Å². The summed E-state index contributed by atoms with van der Waals surface area (Å²) in [5.41, 5.74) is 0.368. The highest BCUT2D eigenvalue weighted by Crippen LogP contribution is 2.23. The van der Waals surface area contributed by atoms with Crippen LogP contribution in [0.5, 0.6) is 0 Å². The van der Waals surface area contributed by atoms with E-state index in [-0.39, 0.29) is 5.91 Å². The minimum Gasteiger partial charge on any atom is -0.467 e. The van der Waals surface area contributed by atoms with Gasteiger partial charge in [0, 0.05) is 12.1 Å². The highest BCUT2D eigenvalue weighted by Gasteiger charge is 2.22. The topological polar surface area (TPSA) is 80.0 Å². The number of rotatable bonds is 5. The Morgan fingerprint density at radius 1 is 1.45 bits per heavy atom. The van der Waals surface area contributed by atoms with Crippen LogP contribution in [0.15, 0.2) is 28.9 Å². The van der Waals surface area contributed by atoms with E-state index in [1.165, 1.54) is 0 Å². The molecule has 1 amide bonds.